The fourth-order valence-electron chi connectivity index (χ4n) is 2.40. The summed E-state index contributed by atoms with van der Waals surface area (Å²) < 4.78 is 0. The fraction of sp³-hybridized carbons (Fsp3) is 0.222. The Balaban J connectivity index is 2.07. The normalized spacial score (nSPS) is 11.0. The molecule has 24 heavy (non-hydrogen) atoms. The molecular formula is C18H20ClN3O2. The number of carbonyl (C=O) groups is 2. The molecule has 2 aromatic rings. The van der Waals surface area contributed by atoms with Crippen molar-refractivity contribution < 1.29 is 9.59 Å². The monoisotopic (exact) mass is 345 g/mol. The third-order valence-corrected chi connectivity index (χ3v) is 4.09. The minimum absolute atomic E-state index is 0.135. The zero-order valence-corrected chi connectivity index (χ0v) is 14.4. The second kappa shape index (κ2) is 7.36. The van der Waals surface area contributed by atoms with E-state index >= 15 is 0 Å². The van der Waals surface area contributed by atoms with Crippen molar-refractivity contribution in [2.75, 3.05) is 5.32 Å². The molecule has 0 aliphatic rings. The van der Waals surface area contributed by atoms with Crippen LogP contribution in [-0.4, -0.2) is 11.9 Å². The first kappa shape index (κ1) is 17.8. The van der Waals surface area contributed by atoms with Crippen LogP contribution >= 0.6 is 11.6 Å². The minimum atomic E-state index is -0.762. The van der Waals surface area contributed by atoms with Crippen LogP contribution in [0.4, 0.5) is 10.5 Å². The summed E-state index contributed by atoms with van der Waals surface area (Å²) >= 11 is 6.21. The number of nitrogens with one attached hydrogen (secondary N) is 2. The standard InChI is InChI=1S/C18H20ClN3O2/c1-18(2,14-8-3-4-9-15(14)19)16(23)21-11-12-6-5-7-13(10-12)22-17(20)24/h3-10H,11H2,1-2H3,(H,21,23)(H3,20,22,24). The van der Waals surface area contributed by atoms with Crippen LogP contribution in [0.2, 0.25) is 5.02 Å². The van der Waals surface area contributed by atoms with E-state index in [1.807, 2.05) is 38.1 Å². The van der Waals surface area contributed by atoms with Crippen molar-refractivity contribution in [2.24, 2.45) is 5.73 Å². The molecule has 0 unspecified atom stereocenters. The topological polar surface area (TPSA) is 84.2 Å². The van der Waals surface area contributed by atoms with E-state index in [4.69, 9.17) is 17.3 Å². The smallest absolute Gasteiger partial charge is 0.316 e. The molecule has 0 saturated carbocycles. The first-order valence-electron chi connectivity index (χ1n) is 7.49. The summed E-state index contributed by atoms with van der Waals surface area (Å²) in [6.45, 7) is 3.99. The average molecular weight is 346 g/mol. The lowest BCUT2D eigenvalue weighted by atomic mass is 9.83. The lowest BCUT2D eigenvalue weighted by Crippen LogP contribution is -2.39. The summed E-state index contributed by atoms with van der Waals surface area (Å²) in [6.07, 6.45) is 0. The van der Waals surface area contributed by atoms with Crippen LogP contribution in [0.1, 0.15) is 25.0 Å². The molecule has 2 rings (SSSR count). The molecule has 0 saturated heterocycles. The molecule has 0 atom stereocenters. The molecular weight excluding hydrogens is 326 g/mol. The Morgan fingerprint density at radius 2 is 1.83 bits per heavy atom. The number of rotatable bonds is 5. The van der Waals surface area contributed by atoms with E-state index in [1.54, 1.807) is 24.3 Å². The highest BCUT2D eigenvalue weighted by atomic mass is 35.5. The Morgan fingerprint density at radius 1 is 1.12 bits per heavy atom. The van der Waals surface area contributed by atoms with Gasteiger partial charge >= 0.3 is 6.03 Å². The summed E-state index contributed by atoms with van der Waals surface area (Å²) in [6, 6.07) is 13.8. The van der Waals surface area contributed by atoms with Gasteiger partial charge in [0, 0.05) is 17.3 Å². The van der Waals surface area contributed by atoms with Crippen LogP contribution in [0.3, 0.4) is 0 Å². The Bertz CT molecular complexity index is 759. The van der Waals surface area contributed by atoms with Crippen molar-refractivity contribution in [3.8, 4) is 0 Å². The van der Waals surface area contributed by atoms with Crippen LogP contribution in [0.5, 0.6) is 0 Å². The molecule has 0 aliphatic heterocycles. The highest BCUT2D eigenvalue weighted by Crippen LogP contribution is 2.29. The van der Waals surface area contributed by atoms with Crippen LogP contribution < -0.4 is 16.4 Å². The number of halogens is 1. The van der Waals surface area contributed by atoms with Gasteiger partial charge in [-0.3, -0.25) is 4.79 Å². The largest absolute Gasteiger partial charge is 0.351 e. The van der Waals surface area contributed by atoms with E-state index in [1.165, 1.54) is 0 Å². The number of carbonyl (C=O) groups excluding carboxylic acids is 2. The van der Waals surface area contributed by atoms with Gasteiger partial charge in [0.25, 0.3) is 0 Å². The summed E-state index contributed by atoms with van der Waals surface area (Å²) in [5.74, 6) is -0.135. The Kier molecular flexibility index (Phi) is 5.46. The van der Waals surface area contributed by atoms with Gasteiger partial charge in [-0.15, -0.1) is 0 Å². The lowest BCUT2D eigenvalue weighted by Gasteiger charge is -2.25. The van der Waals surface area contributed by atoms with Gasteiger partial charge in [0.1, 0.15) is 0 Å². The number of amides is 3. The number of nitrogens with two attached hydrogens (primary N) is 1. The first-order chi connectivity index (χ1) is 11.3. The predicted octanol–water partition coefficient (Wildman–Crippen LogP) is 3.42. The molecule has 2 aromatic carbocycles. The molecule has 3 amide bonds. The predicted molar refractivity (Wildman–Crippen MR) is 96.0 cm³/mol. The number of hydrogen-bond donors (Lipinski definition) is 3. The second-order valence-electron chi connectivity index (χ2n) is 5.98. The maximum atomic E-state index is 12.6. The zero-order chi connectivity index (χ0) is 17.7. The van der Waals surface area contributed by atoms with Gasteiger partial charge in [0.2, 0.25) is 5.91 Å². The van der Waals surface area contributed by atoms with Gasteiger partial charge in [-0.2, -0.15) is 0 Å². The highest BCUT2D eigenvalue weighted by Gasteiger charge is 2.31. The molecule has 6 heteroatoms. The highest BCUT2D eigenvalue weighted by molar-refractivity contribution is 6.31. The van der Waals surface area contributed by atoms with E-state index < -0.39 is 11.4 Å². The maximum Gasteiger partial charge on any atom is 0.316 e. The third kappa shape index (κ3) is 4.26. The van der Waals surface area contributed by atoms with Crippen molar-refractivity contribution in [3.63, 3.8) is 0 Å². The fourth-order valence-corrected chi connectivity index (χ4v) is 2.77. The SMILES string of the molecule is CC(C)(C(=O)NCc1cccc(NC(N)=O)c1)c1ccccc1Cl. The van der Waals surface area contributed by atoms with Gasteiger partial charge in [-0.1, -0.05) is 41.9 Å². The van der Waals surface area contributed by atoms with E-state index in [2.05, 4.69) is 10.6 Å². The molecule has 0 spiro atoms. The number of anilines is 1. The first-order valence-corrected chi connectivity index (χ1v) is 7.87. The number of benzene rings is 2. The van der Waals surface area contributed by atoms with Gasteiger partial charge in [0.15, 0.2) is 0 Å². The van der Waals surface area contributed by atoms with Gasteiger partial charge in [-0.05, 0) is 43.2 Å². The van der Waals surface area contributed by atoms with Crippen molar-refractivity contribution in [3.05, 3.63) is 64.7 Å². The molecule has 0 aromatic heterocycles. The van der Waals surface area contributed by atoms with Crippen LogP contribution in [0, 0.1) is 0 Å². The number of primary amides is 1. The van der Waals surface area contributed by atoms with Crippen LogP contribution in [-0.2, 0) is 16.8 Å². The Hall–Kier alpha value is -2.53. The molecule has 0 radical (unpaired) electrons. The number of hydrogen-bond acceptors (Lipinski definition) is 2. The minimum Gasteiger partial charge on any atom is -0.351 e. The summed E-state index contributed by atoms with van der Waals surface area (Å²) in [4.78, 5) is 23.5. The average Bonchev–Trinajstić information content (AvgIpc) is 2.52. The zero-order valence-electron chi connectivity index (χ0n) is 13.6. The van der Waals surface area contributed by atoms with Crippen molar-refractivity contribution in [1.82, 2.24) is 5.32 Å². The molecule has 4 N–H and O–H groups in total. The second-order valence-corrected chi connectivity index (χ2v) is 6.38. The van der Waals surface area contributed by atoms with Crippen LogP contribution in [0.25, 0.3) is 0 Å². The molecule has 0 aliphatic carbocycles. The summed E-state index contributed by atoms with van der Waals surface area (Å²) in [7, 11) is 0. The Morgan fingerprint density at radius 3 is 2.50 bits per heavy atom. The molecule has 126 valence electrons. The number of urea groups is 1. The molecule has 0 fully saturated rings. The van der Waals surface area contributed by atoms with E-state index in [9.17, 15) is 9.59 Å². The van der Waals surface area contributed by atoms with Gasteiger partial charge in [0.05, 0.1) is 5.41 Å². The summed E-state index contributed by atoms with van der Waals surface area (Å²) in [5.41, 5.74) is 6.54. The molecule has 0 heterocycles. The van der Waals surface area contributed by atoms with E-state index in [0.29, 0.717) is 17.3 Å². The van der Waals surface area contributed by atoms with Crippen LogP contribution in [0.15, 0.2) is 48.5 Å². The van der Waals surface area contributed by atoms with Crippen molar-refractivity contribution >= 4 is 29.2 Å². The molecule has 5 nitrogen and oxygen atoms in total. The maximum absolute atomic E-state index is 12.6. The quantitative estimate of drug-likeness (QED) is 0.775. The van der Waals surface area contributed by atoms with Crippen molar-refractivity contribution in [1.29, 1.82) is 0 Å². The van der Waals surface area contributed by atoms with Gasteiger partial charge in [-0.25, -0.2) is 4.79 Å². The lowest BCUT2D eigenvalue weighted by molar-refractivity contribution is -0.125. The third-order valence-electron chi connectivity index (χ3n) is 3.76. The van der Waals surface area contributed by atoms with Gasteiger partial charge < -0.3 is 16.4 Å². The molecule has 0 bridgehead atoms. The van der Waals surface area contributed by atoms with E-state index in [0.717, 1.165) is 11.1 Å². The van der Waals surface area contributed by atoms with E-state index in [-0.39, 0.29) is 5.91 Å². The van der Waals surface area contributed by atoms with Crippen molar-refractivity contribution in [2.45, 2.75) is 25.8 Å². The Labute approximate surface area is 146 Å². The summed E-state index contributed by atoms with van der Waals surface area (Å²) in [5, 5.41) is 5.97.